The number of rotatable bonds is 4. The van der Waals surface area contributed by atoms with Crippen molar-refractivity contribution in [1.29, 1.82) is 5.26 Å². The summed E-state index contributed by atoms with van der Waals surface area (Å²) in [6.45, 7) is 1.99. The van der Waals surface area contributed by atoms with Gasteiger partial charge in [-0.15, -0.1) is 0 Å². The normalized spacial score (nSPS) is 9.76. The van der Waals surface area contributed by atoms with Gasteiger partial charge in [0.25, 0.3) is 0 Å². The predicted molar refractivity (Wildman–Crippen MR) is 71.4 cm³/mol. The molecule has 0 unspecified atom stereocenters. The van der Waals surface area contributed by atoms with E-state index in [1.165, 1.54) is 30.5 Å². The van der Waals surface area contributed by atoms with Crippen molar-refractivity contribution in [3.05, 3.63) is 53.5 Å². The minimum atomic E-state index is -0.668. The fraction of sp³-hybridized carbons (Fsp3) is 0.133. The van der Waals surface area contributed by atoms with Crippen LogP contribution >= 0.6 is 0 Å². The molecule has 0 aliphatic heterocycles. The topological polar surface area (TPSA) is 72.2 Å². The number of carbonyl (C=O) groups excluding carboxylic acids is 1. The van der Waals surface area contributed by atoms with Gasteiger partial charge in [-0.2, -0.15) is 5.26 Å². The second-order valence-electron chi connectivity index (χ2n) is 3.96. The lowest BCUT2D eigenvalue weighted by atomic mass is 10.2. The third kappa shape index (κ3) is 3.54. The van der Waals surface area contributed by atoms with Gasteiger partial charge in [0.05, 0.1) is 17.7 Å². The summed E-state index contributed by atoms with van der Waals surface area (Å²) in [5, 5.41) is 8.64. The average molecular weight is 286 g/mol. The van der Waals surface area contributed by atoms with Gasteiger partial charge in [0.1, 0.15) is 17.6 Å². The van der Waals surface area contributed by atoms with Crippen LogP contribution in [0.15, 0.2) is 36.5 Å². The Morgan fingerprint density at radius 1 is 1.38 bits per heavy atom. The minimum Gasteiger partial charge on any atom is -0.462 e. The van der Waals surface area contributed by atoms with Crippen LogP contribution in [0, 0.1) is 17.1 Å². The number of nitriles is 1. The molecular formula is C15H11FN2O3. The van der Waals surface area contributed by atoms with Gasteiger partial charge in [-0.3, -0.25) is 0 Å². The second-order valence-corrected chi connectivity index (χ2v) is 3.96. The Balaban J connectivity index is 2.12. The van der Waals surface area contributed by atoms with Crippen molar-refractivity contribution in [1.82, 2.24) is 4.98 Å². The molecule has 0 spiro atoms. The molecule has 0 bridgehead atoms. The molecule has 0 radical (unpaired) electrons. The van der Waals surface area contributed by atoms with Gasteiger partial charge in [-0.1, -0.05) is 0 Å². The van der Waals surface area contributed by atoms with E-state index in [2.05, 4.69) is 4.98 Å². The Hall–Kier alpha value is -2.94. The molecule has 0 fully saturated rings. The summed E-state index contributed by atoms with van der Waals surface area (Å²) in [6, 6.07) is 8.57. The molecular weight excluding hydrogens is 275 g/mol. The molecule has 106 valence electrons. The molecule has 5 nitrogen and oxygen atoms in total. The fourth-order valence-electron chi connectivity index (χ4n) is 1.55. The Bertz CT molecular complexity index is 693. The van der Waals surface area contributed by atoms with Crippen molar-refractivity contribution in [2.24, 2.45) is 0 Å². The van der Waals surface area contributed by atoms with Gasteiger partial charge in [0, 0.05) is 18.3 Å². The molecule has 0 saturated heterocycles. The molecule has 2 aromatic rings. The Morgan fingerprint density at radius 3 is 2.76 bits per heavy atom. The molecule has 0 amide bonds. The monoisotopic (exact) mass is 286 g/mol. The highest BCUT2D eigenvalue weighted by Gasteiger charge is 2.08. The Labute approximate surface area is 120 Å². The van der Waals surface area contributed by atoms with Crippen LogP contribution in [0.3, 0.4) is 0 Å². The van der Waals surface area contributed by atoms with E-state index in [0.717, 1.165) is 6.07 Å². The van der Waals surface area contributed by atoms with Gasteiger partial charge in [-0.05, 0) is 25.1 Å². The third-order valence-electron chi connectivity index (χ3n) is 2.53. The number of pyridine rings is 1. The lowest BCUT2D eigenvalue weighted by Gasteiger charge is -2.06. The standard InChI is InChI=1S/C15H11FN2O3/c1-2-20-15(19)11-4-6-14(18-9-11)21-12-5-3-10(8-17)13(16)7-12/h3-7,9H,2H2,1H3. The van der Waals surface area contributed by atoms with Crippen molar-refractivity contribution >= 4 is 5.97 Å². The van der Waals surface area contributed by atoms with Crippen LogP contribution in [-0.4, -0.2) is 17.6 Å². The fourth-order valence-corrected chi connectivity index (χ4v) is 1.55. The van der Waals surface area contributed by atoms with Gasteiger partial charge in [0.15, 0.2) is 0 Å². The smallest absolute Gasteiger partial charge is 0.339 e. The van der Waals surface area contributed by atoms with Crippen LogP contribution < -0.4 is 4.74 Å². The molecule has 21 heavy (non-hydrogen) atoms. The van der Waals surface area contributed by atoms with E-state index in [9.17, 15) is 9.18 Å². The van der Waals surface area contributed by atoms with Crippen molar-refractivity contribution < 1.29 is 18.7 Å². The van der Waals surface area contributed by atoms with Crippen LogP contribution in [0.5, 0.6) is 11.6 Å². The van der Waals surface area contributed by atoms with Gasteiger partial charge >= 0.3 is 5.97 Å². The molecule has 0 aliphatic rings. The van der Waals surface area contributed by atoms with Crippen LogP contribution in [-0.2, 0) is 4.74 Å². The number of halogens is 1. The number of hydrogen-bond donors (Lipinski definition) is 0. The molecule has 0 aliphatic carbocycles. The maximum absolute atomic E-state index is 13.4. The number of nitrogens with zero attached hydrogens (tertiary/aromatic N) is 2. The van der Waals surface area contributed by atoms with E-state index < -0.39 is 11.8 Å². The van der Waals surface area contributed by atoms with Crippen molar-refractivity contribution in [3.63, 3.8) is 0 Å². The number of ether oxygens (including phenoxy) is 2. The molecule has 6 heteroatoms. The molecule has 0 saturated carbocycles. The van der Waals surface area contributed by atoms with Gasteiger partial charge in [0.2, 0.25) is 5.88 Å². The van der Waals surface area contributed by atoms with E-state index in [1.54, 1.807) is 13.0 Å². The summed E-state index contributed by atoms with van der Waals surface area (Å²) >= 11 is 0. The zero-order chi connectivity index (χ0) is 15.2. The summed E-state index contributed by atoms with van der Waals surface area (Å²) in [5.74, 6) is -0.728. The van der Waals surface area contributed by atoms with Crippen LogP contribution in [0.25, 0.3) is 0 Å². The van der Waals surface area contributed by atoms with E-state index in [0.29, 0.717) is 5.56 Å². The van der Waals surface area contributed by atoms with E-state index in [1.807, 2.05) is 0 Å². The summed E-state index contributed by atoms with van der Waals surface area (Å²) in [5.41, 5.74) is 0.239. The zero-order valence-corrected chi connectivity index (χ0v) is 11.2. The first kappa shape index (κ1) is 14.5. The Morgan fingerprint density at radius 2 is 2.19 bits per heavy atom. The highest BCUT2D eigenvalue weighted by atomic mass is 19.1. The summed E-state index contributed by atoms with van der Waals surface area (Å²) in [7, 11) is 0. The molecule has 0 N–H and O–H groups in total. The van der Waals surface area contributed by atoms with E-state index >= 15 is 0 Å². The van der Waals surface area contributed by atoms with Crippen molar-refractivity contribution in [2.75, 3.05) is 6.61 Å². The zero-order valence-electron chi connectivity index (χ0n) is 11.2. The quantitative estimate of drug-likeness (QED) is 0.808. The largest absolute Gasteiger partial charge is 0.462 e. The Kier molecular flexibility index (Phi) is 4.46. The van der Waals surface area contributed by atoms with Gasteiger partial charge < -0.3 is 9.47 Å². The lowest BCUT2D eigenvalue weighted by Crippen LogP contribution is -2.04. The maximum atomic E-state index is 13.4. The van der Waals surface area contributed by atoms with Crippen molar-refractivity contribution in [3.8, 4) is 17.7 Å². The maximum Gasteiger partial charge on any atom is 0.339 e. The molecule has 1 aromatic heterocycles. The highest BCUT2D eigenvalue weighted by Crippen LogP contribution is 2.22. The van der Waals surface area contributed by atoms with Crippen LogP contribution in [0.2, 0.25) is 0 Å². The first-order chi connectivity index (χ1) is 10.1. The van der Waals surface area contributed by atoms with Crippen LogP contribution in [0.4, 0.5) is 4.39 Å². The lowest BCUT2D eigenvalue weighted by molar-refractivity contribution is 0.0526. The SMILES string of the molecule is CCOC(=O)c1ccc(Oc2ccc(C#N)c(F)c2)nc1. The molecule has 1 heterocycles. The van der Waals surface area contributed by atoms with Crippen LogP contribution in [0.1, 0.15) is 22.8 Å². The van der Waals surface area contributed by atoms with E-state index in [4.69, 9.17) is 14.7 Å². The summed E-state index contributed by atoms with van der Waals surface area (Å²) < 4.78 is 23.6. The number of aromatic nitrogens is 1. The third-order valence-corrected chi connectivity index (χ3v) is 2.53. The number of hydrogen-bond acceptors (Lipinski definition) is 5. The van der Waals surface area contributed by atoms with E-state index in [-0.39, 0.29) is 23.8 Å². The summed E-state index contributed by atoms with van der Waals surface area (Å²) in [4.78, 5) is 15.4. The van der Waals surface area contributed by atoms with Crippen molar-refractivity contribution in [2.45, 2.75) is 6.92 Å². The number of benzene rings is 1. The molecule has 2 rings (SSSR count). The first-order valence-electron chi connectivity index (χ1n) is 6.14. The predicted octanol–water partition coefficient (Wildman–Crippen LogP) is 3.06. The minimum absolute atomic E-state index is 0.0621. The number of carbonyl (C=O) groups is 1. The highest BCUT2D eigenvalue weighted by molar-refractivity contribution is 5.89. The first-order valence-corrected chi connectivity index (χ1v) is 6.14. The van der Waals surface area contributed by atoms with Gasteiger partial charge in [-0.25, -0.2) is 14.2 Å². The molecule has 1 aromatic carbocycles. The second kappa shape index (κ2) is 6.48. The average Bonchev–Trinajstić information content (AvgIpc) is 2.48. The molecule has 0 atom stereocenters. The number of esters is 1. The summed E-state index contributed by atoms with van der Waals surface area (Å²) in [6.07, 6.45) is 1.31.